The van der Waals surface area contributed by atoms with Crippen LogP contribution >= 0.6 is 11.6 Å². The molecular weight excluding hydrogens is 326 g/mol. The Kier molecular flexibility index (Phi) is 5.56. The van der Waals surface area contributed by atoms with Gasteiger partial charge in [0.05, 0.1) is 12.1 Å². The highest BCUT2D eigenvalue weighted by atomic mass is 35.5. The van der Waals surface area contributed by atoms with E-state index in [1.54, 1.807) is 6.07 Å². The molecule has 1 saturated heterocycles. The van der Waals surface area contributed by atoms with E-state index in [-0.39, 0.29) is 11.9 Å². The molecule has 5 nitrogen and oxygen atoms in total. The summed E-state index contributed by atoms with van der Waals surface area (Å²) in [6.45, 7) is 3.15. The molecule has 1 aromatic heterocycles. The van der Waals surface area contributed by atoms with Crippen LogP contribution in [0.15, 0.2) is 41.0 Å². The lowest BCUT2D eigenvalue weighted by Crippen LogP contribution is -2.44. The number of furan rings is 1. The molecule has 2 heterocycles. The van der Waals surface area contributed by atoms with E-state index >= 15 is 0 Å². The molecule has 0 unspecified atom stereocenters. The van der Waals surface area contributed by atoms with Crippen molar-refractivity contribution in [2.24, 2.45) is 5.73 Å². The molecule has 1 fully saturated rings. The van der Waals surface area contributed by atoms with Gasteiger partial charge in [0.15, 0.2) is 0 Å². The first-order valence-electron chi connectivity index (χ1n) is 8.19. The van der Waals surface area contributed by atoms with Crippen LogP contribution in [-0.2, 0) is 13.1 Å². The van der Waals surface area contributed by atoms with Gasteiger partial charge in [0.25, 0.3) is 5.91 Å². The molecule has 3 N–H and O–H groups in total. The van der Waals surface area contributed by atoms with Crippen LogP contribution in [0.25, 0.3) is 0 Å². The summed E-state index contributed by atoms with van der Waals surface area (Å²) >= 11 is 5.92. The molecule has 24 heavy (non-hydrogen) atoms. The smallest absolute Gasteiger partial charge is 0.254 e. The van der Waals surface area contributed by atoms with E-state index in [4.69, 9.17) is 21.8 Å². The van der Waals surface area contributed by atoms with Gasteiger partial charge in [-0.2, -0.15) is 0 Å². The quantitative estimate of drug-likeness (QED) is 0.872. The highest BCUT2D eigenvalue weighted by molar-refractivity contribution is 6.30. The van der Waals surface area contributed by atoms with Crippen molar-refractivity contribution in [3.63, 3.8) is 0 Å². The summed E-state index contributed by atoms with van der Waals surface area (Å²) in [5.41, 5.74) is 7.30. The molecule has 0 aliphatic carbocycles. The van der Waals surface area contributed by atoms with Gasteiger partial charge in [-0.25, -0.2) is 0 Å². The van der Waals surface area contributed by atoms with Gasteiger partial charge in [-0.05, 0) is 36.6 Å². The number of amides is 1. The minimum atomic E-state index is -0.0883. The van der Waals surface area contributed by atoms with Crippen molar-refractivity contribution in [2.75, 3.05) is 13.1 Å². The van der Waals surface area contributed by atoms with Gasteiger partial charge in [0.1, 0.15) is 12.0 Å². The van der Waals surface area contributed by atoms with Crippen LogP contribution in [0, 0.1) is 0 Å². The molecule has 0 bridgehead atoms. The van der Waals surface area contributed by atoms with Crippen molar-refractivity contribution in [3.05, 3.63) is 58.5 Å². The fourth-order valence-corrected chi connectivity index (χ4v) is 3.08. The van der Waals surface area contributed by atoms with Crippen LogP contribution in [0.1, 0.15) is 34.5 Å². The number of rotatable bonds is 5. The number of hydrogen-bond acceptors (Lipinski definition) is 4. The van der Waals surface area contributed by atoms with Gasteiger partial charge in [-0.1, -0.05) is 23.7 Å². The number of halogens is 1. The van der Waals surface area contributed by atoms with Gasteiger partial charge < -0.3 is 15.5 Å². The predicted octanol–water partition coefficient (Wildman–Crippen LogP) is 2.79. The second-order valence-corrected chi connectivity index (χ2v) is 6.59. The van der Waals surface area contributed by atoms with Crippen molar-refractivity contribution in [3.8, 4) is 0 Å². The van der Waals surface area contributed by atoms with Crippen molar-refractivity contribution in [1.82, 2.24) is 10.2 Å². The number of likely N-dealkylation sites (tertiary alicyclic amines) is 1. The lowest BCUT2D eigenvalue weighted by atomic mass is 10.0. The van der Waals surface area contributed by atoms with E-state index < -0.39 is 0 Å². The van der Waals surface area contributed by atoms with E-state index in [1.165, 1.54) is 11.8 Å². The number of hydrogen-bond donors (Lipinski definition) is 2. The summed E-state index contributed by atoms with van der Waals surface area (Å²) in [6.07, 6.45) is 3.36. The molecule has 0 radical (unpaired) electrons. The predicted molar refractivity (Wildman–Crippen MR) is 93.8 cm³/mol. The van der Waals surface area contributed by atoms with Crippen LogP contribution in [0.2, 0.25) is 5.02 Å². The number of nitrogens with zero attached hydrogens (tertiary/aromatic N) is 1. The molecule has 2 aromatic rings. The fourth-order valence-electron chi connectivity index (χ4n) is 2.96. The Bertz CT molecular complexity index is 676. The Morgan fingerprint density at radius 1 is 1.29 bits per heavy atom. The van der Waals surface area contributed by atoms with Crippen LogP contribution in [0.3, 0.4) is 0 Å². The number of nitrogens with two attached hydrogens (primary N) is 1. The number of nitrogens with one attached hydrogen (secondary N) is 1. The molecule has 0 atom stereocenters. The summed E-state index contributed by atoms with van der Waals surface area (Å²) < 4.78 is 5.21. The maximum absolute atomic E-state index is 12.2. The van der Waals surface area contributed by atoms with Gasteiger partial charge in [0, 0.05) is 30.7 Å². The van der Waals surface area contributed by atoms with Crippen molar-refractivity contribution >= 4 is 17.5 Å². The first kappa shape index (κ1) is 17.0. The van der Waals surface area contributed by atoms with E-state index in [0.717, 1.165) is 37.5 Å². The normalized spacial score (nSPS) is 16.2. The number of carbonyl (C=O) groups excluding carboxylic acids is 1. The molecule has 1 aliphatic rings. The highest BCUT2D eigenvalue weighted by Crippen LogP contribution is 2.16. The van der Waals surface area contributed by atoms with Crippen molar-refractivity contribution in [1.29, 1.82) is 0 Å². The van der Waals surface area contributed by atoms with Gasteiger partial charge in [0.2, 0.25) is 0 Å². The third kappa shape index (κ3) is 4.38. The molecule has 6 heteroatoms. The Labute approximate surface area is 146 Å². The molecule has 0 spiro atoms. The van der Waals surface area contributed by atoms with E-state index in [9.17, 15) is 4.79 Å². The van der Waals surface area contributed by atoms with Crippen LogP contribution < -0.4 is 11.1 Å². The lowest BCUT2D eigenvalue weighted by Gasteiger charge is -2.32. The topological polar surface area (TPSA) is 71.5 Å². The zero-order valence-electron chi connectivity index (χ0n) is 13.5. The summed E-state index contributed by atoms with van der Waals surface area (Å²) in [4.78, 5) is 14.6. The third-order valence-corrected chi connectivity index (χ3v) is 4.61. The van der Waals surface area contributed by atoms with Crippen LogP contribution in [-0.4, -0.2) is 29.9 Å². The Morgan fingerprint density at radius 2 is 2.00 bits per heavy atom. The maximum Gasteiger partial charge on any atom is 0.254 e. The Balaban J connectivity index is 1.46. The molecule has 1 aromatic carbocycles. The van der Waals surface area contributed by atoms with Crippen molar-refractivity contribution in [2.45, 2.75) is 32.0 Å². The Hall–Kier alpha value is -1.82. The SMILES string of the molecule is NCc1cc(C(=O)NC2CCN(Cc3ccc(Cl)cc3)CC2)co1. The average Bonchev–Trinajstić information content (AvgIpc) is 3.08. The number of benzene rings is 1. The number of piperidine rings is 1. The first-order valence-corrected chi connectivity index (χ1v) is 8.57. The molecule has 3 rings (SSSR count). The second kappa shape index (κ2) is 7.83. The fraction of sp³-hybridized carbons (Fsp3) is 0.389. The van der Waals surface area contributed by atoms with Gasteiger partial charge in [-0.15, -0.1) is 0 Å². The summed E-state index contributed by atoms with van der Waals surface area (Å²) in [5, 5.41) is 3.84. The molecule has 0 saturated carbocycles. The summed E-state index contributed by atoms with van der Waals surface area (Å²) in [7, 11) is 0. The minimum Gasteiger partial charge on any atom is -0.467 e. The average molecular weight is 348 g/mol. The van der Waals surface area contributed by atoms with E-state index in [0.29, 0.717) is 17.9 Å². The standard InChI is InChI=1S/C18H22ClN3O2/c19-15-3-1-13(2-4-15)11-22-7-5-16(6-8-22)21-18(23)14-9-17(10-20)24-12-14/h1-4,9,12,16H,5-8,10-11,20H2,(H,21,23). The van der Waals surface area contributed by atoms with Crippen LogP contribution in [0.5, 0.6) is 0 Å². The first-order chi connectivity index (χ1) is 11.6. The lowest BCUT2D eigenvalue weighted by molar-refractivity contribution is 0.0908. The second-order valence-electron chi connectivity index (χ2n) is 6.16. The molecule has 1 aliphatic heterocycles. The van der Waals surface area contributed by atoms with Crippen LogP contribution in [0.4, 0.5) is 0 Å². The number of carbonyl (C=O) groups is 1. The molecule has 1 amide bonds. The molecular formula is C18H22ClN3O2. The Morgan fingerprint density at radius 3 is 2.62 bits per heavy atom. The van der Waals surface area contributed by atoms with E-state index in [2.05, 4.69) is 22.3 Å². The van der Waals surface area contributed by atoms with E-state index in [1.807, 2.05) is 12.1 Å². The third-order valence-electron chi connectivity index (χ3n) is 4.36. The van der Waals surface area contributed by atoms with Gasteiger partial charge in [-0.3, -0.25) is 9.69 Å². The summed E-state index contributed by atoms with van der Waals surface area (Å²) in [5.74, 6) is 0.535. The monoisotopic (exact) mass is 347 g/mol. The molecule has 128 valence electrons. The minimum absolute atomic E-state index is 0.0883. The van der Waals surface area contributed by atoms with Crippen molar-refractivity contribution < 1.29 is 9.21 Å². The zero-order valence-corrected chi connectivity index (χ0v) is 14.3. The maximum atomic E-state index is 12.2. The van der Waals surface area contributed by atoms with Gasteiger partial charge >= 0.3 is 0 Å². The largest absolute Gasteiger partial charge is 0.467 e. The zero-order chi connectivity index (χ0) is 16.9. The summed E-state index contributed by atoms with van der Waals surface area (Å²) in [6, 6.07) is 9.86. The highest BCUT2D eigenvalue weighted by Gasteiger charge is 2.21.